The number of piperazine rings is 1. The van der Waals surface area contributed by atoms with Gasteiger partial charge in [0.05, 0.1) is 18.2 Å². The van der Waals surface area contributed by atoms with Crippen LogP contribution in [0, 0.1) is 11.3 Å². The lowest BCUT2D eigenvalue weighted by atomic mass is 9.99. The number of aromatic nitrogens is 2. The second-order valence-electron chi connectivity index (χ2n) is 9.84. The molecule has 4 N–H and O–H groups in total. The van der Waals surface area contributed by atoms with Crippen molar-refractivity contribution >= 4 is 23.5 Å². The maximum absolute atomic E-state index is 13.7. The van der Waals surface area contributed by atoms with E-state index in [1.54, 1.807) is 6.92 Å². The Morgan fingerprint density at radius 2 is 1.88 bits per heavy atom. The normalized spacial score (nSPS) is 14.8. The third kappa shape index (κ3) is 9.56. The molecule has 1 aliphatic heterocycles. The maximum atomic E-state index is 13.7. The van der Waals surface area contributed by atoms with Gasteiger partial charge in [-0.25, -0.2) is 0 Å². The summed E-state index contributed by atoms with van der Waals surface area (Å²) in [6, 6.07) is 3.85. The summed E-state index contributed by atoms with van der Waals surface area (Å²) in [4.78, 5) is 38.1. The number of alkyl halides is 3. The first-order valence-corrected chi connectivity index (χ1v) is 13.3. The largest absolute Gasteiger partial charge is 0.477 e. The number of nitrogens with one attached hydrogen (secondary N) is 2. The summed E-state index contributed by atoms with van der Waals surface area (Å²) >= 11 is 0. The van der Waals surface area contributed by atoms with Crippen molar-refractivity contribution in [1.82, 2.24) is 25.1 Å². The fourth-order valence-corrected chi connectivity index (χ4v) is 4.31. The molecule has 0 unspecified atom stereocenters. The number of nitriles is 1. The zero-order valence-electron chi connectivity index (χ0n) is 23.3. The van der Waals surface area contributed by atoms with E-state index in [1.807, 2.05) is 6.07 Å². The van der Waals surface area contributed by atoms with E-state index >= 15 is 0 Å². The van der Waals surface area contributed by atoms with E-state index in [4.69, 9.17) is 10.5 Å². The smallest absolute Gasteiger partial charge is 0.416 e. The second kappa shape index (κ2) is 15.3. The van der Waals surface area contributed by atoms with Crippen LogP contribution in [0.25, 0.3) is 0 Å². The lowest BCUT2D eigenvalue weighted by Gasteiger charge is -2.32. The zero-order valence-corrected chi connectivity index (χ0v) is 23.3. The minimum Gasteiger partial charge on any atom is -0.477 e. The van der Waals surface area contributed by atoms with Gasteiger partial charge in [0.25, 0.3) is 5.91 Å². The summed E-state index contributed by atoms with van der Waals surface area (Å²) < 4.78 is 46.3. The number of benzene rings is 1. The maximum Gasteiger partial charge on any atom is 0.416 e. The number of amides is 1. The lowest BCUT2D eigenvalue weighted by Crippen LogP contribution is -2.45. The molecule has 1 aromatic carbocycles. The number of nitrogens with zero attached hydrogens (tertiary/aromatic N) is 5. The van der Waals surface area contributed by atoms with E-state index in [-0.39, 0.29) is 48.4 Å². The van der Waals surface area contributed by atoms with Gasteiger partial charge in [-0.3, -0.25) is 9.59 Å². The van der Waals surface area contributed by atoms with Gasteiger partial charge in [0, 0.05) is 44.7 Å². The van der Waals surface area contributed by atoms with Gasteiger partial charge < -0.3 is 30.9 Å². The van der Waals surface area contributed by atoms with E-state index in [2.05, 4.69) is 37.4 Å². The van der Waals surface area contributed by atoms with Crippen LogP contribution in [0.1, 0.15) is 54.7 Å². The third-order valence-corrected chi connectivity index (χ3v) is 6.62. The number of halogens is 3. The van der Waals surface area contributed by atoms with Gasteiger partial charge in [-0.05, 0) is 57.6 Å². The van der Waals surface area contributed by atoms with Crippen LogP contribution in [-0.4, -0.2) is 90.4 Å². The number of hydrogen-bond donors (Lipinski definition) is 3. The third-order valence-electron chi connectivity index (χ3n) is 6.62. The molecule has 14 heteroatoms. The Morgan fingerprint density at radius 1 is 1.19 bits per heavy atom. The predicted octanol–water partition coefficient (Wildman–Crippen LogP) is 2.96. The Labute approximate surface area is 244 Å². The lowest BCUT2D eigenvalue weighted by molar-refractivity contribution is -0.137. The monoisotopic (exact) mass is 592 g/mol. The molecule has 1 amide bonds. The van der Waals surface area contributed by atoms with E-state index in [9.17, 15) is 28.0 Å². The molecular formula is C28H39F3N8O3. The fraction of sp³-hybridized carbons (Fsp3) is 0.536. The van der Waals surface area contributed by atoms with Crippen molar-refractivity contribution in [3.05, 3.63) is 40.5 Å². The molecule has 1 fully saturated rings. The molecule has 0 spiro atoms. The van der Waals surface area contributed by atoms with Crippen molar-refractivity contribution in [1.29, 1.82) is 5.26 Å². The van der Waals surface area contributed by atoms with E-state index in [1.165, 1.54) is 13.0 Å². The van der Waals surface area contributed by atoms with Crippen LogP contribution in [0.4, 0.5) is 24.9 Å². The number of likely N-dealkylation sites (N-methyl/N-ethyl adjacent to an activating group) is 1. The quantitative estimate of drug-likeness (QED) is 0.314. The highest BCUT2D eigenvalue weighted by molar-refractivity contribution is 5.95. The molecule has 1 saturated heterocycles. The van der Waals surface area contributed by atoms with Crippen molar-refractivity contribution < 1.29 is 27.5 Å². The summed E-state index contributed by atoms with van der Waals surface area (Å²) in [7, 11) is 2.06. The van der Waals surface area contributed by atoms with Gasteiger partial charge in [-0.1, -0.05) is 7.43 Å². The van der Waals surface area contributed by atoms with Crippen LogP contribution >= 0.6 is 0 Å². The zero-order chi connectivity index (χ0) is 30.2. The molecule has 1 aromatic heterocycles. The minimum absolute atomic E-state index is 0. The Bertz CT molecular complexity index is 1270. The van der Waals surface area contributed by atoms with Crippen LogP contribution in [-0.2, 0) is 17.4 Å². The number of nitrogens with two attached hydrogens (primary N) is 1. The Kier molecular flexibility index (Phi) is 12.5. The number of carbonyl (C=O) groups excluding carboxylic acids is 2. The van der Waals surface area contributed by atoms with Crippen LogP contribution in [0.15, 0.2) is 18.2 Å². The number of hydrogen-bond acceptors (Lipinski definition) is 10. The molecule has 0 aliphatic carbocycles. The SMILES string of the molecule is C.CCOc1nc(N)nc(N[C@@H](C)C(=O)Cc2cc(C(=O)NCCCN3CCN(C)CC3)cc(C(F)(F)F)c2)c1C#N. The molecule has 3 rings (SSSR count). The number of anilines is 2. The van der Waals surface area contributed by atoms with Gasteiger partial charge in [-0.2, -0.15) is 28.4 Å². The summed E-state index contributed by atoms with van der Waals surface area (Å²) in [5.74, 6) is -1.42. The van der Waals surface area contributed by atoms with Crippen molar-refractivity contribution in [2.45, 2.75) is 46.3 Å². The summed E-state index contributed by atoms with van der Waals surface area (Å²) in [6.45, 7) is 8.25. The summed E-state index contributed by atoms with van der Waals surface area (Å²) in [6.07, 6.45) is -4.45. The highest BCUT2D eigenvalue weighted by Crippen LogP contribution is 2.31. The molecular weight excluding hydrogens is 553 g/mol. The predicted molar refractivity (Wildman–Crippen MR) is 153 cm³/mol. The summed E-state index contributed by atoms with van der Waals surface area (Å²) in [5.41, 5.74) is 4.45. The molecule has 0 bridgehead atoms. The molecule has 1 aliphatic rings. The van der Waals surface area contributed by atoms with Crippen molar-refractivity contribution in [3.63, 3.8) is 0 Å². The van der Waals surface area contributed by atoms with Gasteiger partial charge in [-0.15, -0.1) is 0 Å². The Balaban J connectivity index is 0.00000616. The average Bonchev–Trinajstić information content (AvgIpc) is 2.91. The Hall–Kier alpha value is -3.96. The fourth-order valence-electron chi connectivity index (χ4n) is 4.31. The van der Waals surface area contributed by atoms with Gasteiger partial charge in [0.15, 0.2) is 17.2 Å². The van der Waals surface area contributed by atoms with Crippen LogP contribution in [0.3, 0.4) is 0 Å². The Morgan fingerprint density at radius 3 is 2.50 bits per heavy atom. The number of ketones is 1. The van der Waals surface area contributed by atoms with Crippen molar-refractivity contribution in [3.8, 4) is 11.9 Å². The number of carbonyl (C=O) groups is 2. The van der Waals surface area contributed by atoms with E-state index in [0.717, 1.165) is 44.9 Å². The van der Waals surface area contributed by atoms with Crippen LogP contribution < -0.4 is 21.1 Å². The first-order valence-electron chi connectivity index (χ1n) is 13.3. The van der Waals surface area contributed by atoms with Crippen molar-refractivity contribution in [2.24, 2.45) is 0 Å². The van der Waals surface area contributed by atoms with E-state index < -0.39 is 35.9 Å². The standard InChI is InChI=1S/C27H35F3N8O3.CH4/c1-4-41-25-21(16-31)23(35-26(32)36-25)34-17(2)22(39)14-18-12-19(15-20(13-18)27(28,29)30)24(40)33-6-5-7-38-10-8-37(3)9-11-38;/h12-13,15,17H,4-11,14H2,1-3H3,(H,33,40)(H3,32,34,35,36);1H4/t17-;/m0./s1. The number of Topliss-reactive ketones (excluding diaryl/α,β-unsaturated/α-hetero) is 1. The highest BCUT2D eigenvalue weighted by Gasteiger charge is 2.32. The molecule has 1 atom stereocenters. The molecule has 230 valence electrons. The molecule has 2 aromatic rings. The van der Waals surface area contributed by atoms with Crippen LogP contribution in [0.2, 0.25) is 0 Å². The van der Waals surface area contributed by atoms with Gasteiger partial charge in [0.2, 0.25) is 11.8 Å². The second-order valence-corrected chi connectivity index (χ2v) is 9.84. The average molecular weight is 593 g/mol. The van der Waals surface area contributed by atoms with Crippen LogP contribution in [0.5, 0.6) is 5.88 Å². The minimum atomic E-state index is -4.71. The van der Waals surface area contributed by atoms with E-state index in [0.29, 0.717) is 13.0 Å². The summed E-state index contributed by atoms with van der Waals surface area (Å²) in [5, 5.41) is 15.0. The van der Waals surface area contributed by atoms with Crippen molar-refractivity contribution in [2.75, 3.05) is 64.0 Å². The number of ether oxygens (including phenoxy) is 1. The molecule has 0 saturated carbocycles. The van der Waals surface area contributed by atoms with Gasteiger partial charge >= 0.3 is 6.18 Å². The topological polar surface area (TPSA) is 149 Å². The van der Waals surface area contributed by atoms with Gasteiger partial charge in [0.1, 0.15) is 6.07 Å². The molecule has 42 heavy (non-hydrogen) atoms. The molecule has 2 heterocycles. The number of rotatable bonds is 12. The first-order chi connectivity index (χ1) is 19.4. The molecule has 11 nitrogen and oxygen atoms in total. The highest BCUT2D eigenvalue weighted by atomic mass is 19.4. The number of nitrogen functional groups attached to an aromatic ring is 1. The first kappa shape index (κ1) is 34.2. The molecule has 0 radical (unpaired) electrons.